The van der Waals surface area contributed by atoms with Gasteiger partial charge in [-0.3, -0.25) is 4.79 Å². The molecule has 3 nitrogen and oxygen atoms in total. The van der Waals surface area contributed by atoms with Crippen molar-refractivity contribution in [3.8, 4) is 0 Å². The van der Waals surface area contributed by atoms with Crippen LogP contribution in [0.1, 0.15) is 17.5 Å². The number of anilines is 1. The van der Waals surface area contributed by atoms with Crippen LogP contribution in [0.3, 0.4) is 0 Å². The summed E-state index contributed by atoms with van der Waals surface area (Å²) in [5, 5.41) is 12.4. The standard InChI is InChI=1S/C17H18ClNO2/c18-15-7-1-5-14(10-15)12-17(21)19-16-8-2-4-13(11-16)6-3-9-20/h1-2,4-5,7-8,10-11,20H,3,6,9,12H2,(H,19,21). The van der Waals surface area contributed by atoms with Gasteiger partial charge in [-0.05, 0) is 48.2 Å². The number of nitrogens with one attached hydrogen (secondary N) is 1. The molecule has 0 saturated heterocycles. The van der Waals surface area contributed by atoms with Crippen molar-refractivity contribution in [1.29, 1.82) is 0 Å². The van der Waals surface area contributed by atoms with Crippen molar-refractivity contribution < 1.29 is 9.90 Å². The molecular formula is C17H18ClNO2. The third-order valence-corrected chi connectivity index (χ3v) is 3.32. The molecule has 2 aromatic rings. The van der Waals surface area contributed by atoms with Gasteiger partial charge in [0, 0.05) is 17.3 Å². The number of amides is 1. The van der Waals surface area contributed by atoms with Crippen LogP contribution in [0.25, 0.3) is 0 Å². The number of aliphatic hydroxyl groups excluding tert-OH is 1. The Bertz CT molecular complexity index is 613. The number of aliphatic hydroxyl groups is 1. The van der Waals surface area contributed by atoms with Crippen LogP contribution in [0.2, 0.25) is 5.02 Å². The third-order valence-electron chi connectivity index (χ3n) is 3.09. The van der Waals surface area contributed by atoms with Crippen molar-refractivity contribution in [3.05, 3.63) is 64.7 Å². The summed E-state index contributed by atoms with van der Waals surface area (Å²) in [6.07, 6.45) is 1.82. The second-order valence-electron chi connectivity index (χ2n) is 4.88. The lowest BCUT2D eigenvalue weighted by molar-refractivity contribution is -0.115. The van der Waals surface area contributed by atoms with Gasteiger partial charge in [0.25, 0.3) is 0 Å². The summed E-state index contributed by atoms with van der Waals surface area (Å²) >= 11 is 5.91. The lowest BCUT2D eigenvalue weighted by Crippen LogP contribution is -2.14. The highest BCUT2D eigenvalue weighted by atomic mass is 35.5. The summed E-state index contributed by atoms with van der Waals surface area (Å²) in [7, 11) is 0. The van der Waals surface area contributed by atoms with E-state index in [1.165, 1.54) is 0 Å². The monoisotopic (exact) mass is 303 g/mol. The molecule has 0 unspecified atom stereocenters. The molecule has 2 N–H and O–H groups in total. The van der Waals surface area contributed by atoms with Crippen molar-refractivity contribution in [2.75, 3.05) is 11.9 Å². The Labute approximate surface area is 129 Å². The average molecular weight is 304 g/mol. The van der Waals surface area contributed by atoms with Gasteiger partial charge in [-0.15, -0.1) is 0 Å². The first-order chi connectivity index (χ1) is 10.2. The SMILES string of the molecule is O=C(Cc1cccc(Cl)c1)Nc1cccc(CCCO)c1. The highest BCUT2D eigenvalue weighted by Gasteiger charge is 2.05. The minimum Gasteiger partial charge on any atom is -0.396 e. The lowest BCUT2D eigenvalue weighted by Gasteiger charge is -2.07. The van der Waals surface area contributed by atoms with Gasteiger partial charge in [-0.25, -0.2) is 0 Å². The molecule has 0 bridgehead atoms. The molecule has 0 heterocycles. The zero-order valence-electron chi connectivity index (χ0n) is 11.7. The maximum atomic E-state index is 12.0. The fourth-order valence-electron chi connectivity index (χ4n) is 2.13. The molecule has 0 spiro atoms. The fraction of sp³-hybridized carbons (Fsp3) is 0.235. The van der Waals surface area contributed by atoms with E-state index in [9.17, 15) is 4.79 Å². The van der Waals surface area contributed by atoms with Crippen LogP contribution in [0, 0.1) is 0 Å². The van der Waals surface area contributed by atoms with Crippen LogP contribution in [-0.2, 0) is 17.6 Å². The van der Waals surface area contributed by atoms with Crippen LogP contribution >= 0.6 is 11.6 Å². The Morgan fingerprint density at radius 3 is 2.62 bits per heavy atom. The fourth-order valence-corrected chi connectivity index (χ4v) is 2.34. The molecule has 2 rings (SSSR count). The Kier molecular flexibility index (Phi) is 5.78. The van der Waals surface area contributed by atoms with Crippen molar-refractivity contribution >= 4 is 23.2 Å². The number of hydrogen-bond acceptors (Lipinski definition) is 2. The van der Waals surface area contributed by atoms with Crippen molar-refractivity contribution in [2.45, 2.75) is 19.3 Å². The second kappa shape index (κ2) is 7.81. The van der Waals surface area contributed by atoms with E-state index in [1.807, 2.05) is 36.4 Å². The van der Waals surface area contributed by atoms with E-state index in [2.05, 4.69) is 5.32 Å². The predicted molar refractivity (Wildman–Crippen MR) is 85.6 cm³/mol. The molecule has 1 amide bonds. The number of aryl methyl sites for hydroxylation is 1. The van der Waals surface area contributed by atoms with E-state index >= 15 is 0 Å². The van der Waals surface area contributed by atoms with E-state index in [0.717, 1.165) is 29.7 Å². The Balaban J connectivity index is 1.96. The number of halogens is 1. The van der Waals surface area contributed by atoms with Crippen LogP contribution in [-0.4, -0.2) is 17.6 Å². The molecule has 110 valence electrons. The number of hydrogen-bond donors (Lipinski definition) is 2. The Hall–Kier alpha value is -1.84. The predicted octanol–water partition coefficient (Wildman–Crippen LogP) is 3.45. The molecule has 0 aromatic heterocycles. The van der Waals surface area contributed by atoms with Crippen LogP contribution < -0.4 is 5.32 Å². The van der Waals surface area contributed by atoms with E-state index in [1.54, 1.807) is 12.1 Å². The summed E-state index contributed by atoms with van der Waals surface area (Å²) in [4.78, 5) is 12.0. The van der Waals surface area contributed by atoms with Gasteiger partial charge in [0.15, 0.2) is 0 Å². The van der Waals surface area contributed by atoms with E-state index in [-0.39, 0.29) is 12.5 Å². The smallest absolute Gasteiger partial charge is 0.228 e. The summed E-state index contributed by atoms with van der Waals surface area (Å²) in [6, 6.07) is 15.0. The largest absolute Gasteiger partial charge is 0.396 e. The molecule has 4 heteroatoms. The molecular weight excluding hydrogens is 286 g/mol. The number of carbonyl (C=O) groups excluding carboxylic acids is 1. The minimum atomic E-state index is -0.0726. The molecule has 0 aliphatic heterocycles. The quantitative estimate of drug-likeness (QED) is 0.859. The van der Waals surface area contributed by atoms with Gasteiger partial charge in [-0.2, -0.15) is 0 Å². The van der Waals surface area contributed by atoms with Crippen molar-refractivity contribution in [1.82, 2.24) is 0 Å². The summed E-state index contributed by atoms with van der Waals surface area (Å²) in [5.74, 6) is -0.0726. The highest BCUT2D eigenvalue weighted by Crippen LogP contribution is 2.14. The van der Waals surface area contributed by atoms with E-state index in [4.69, 9.17) is 16.7 Å². The summed E-state index contributed by atoms with van der Waals surface area (Å²) in [6.45, 7) is 0.172. The van der Waals surface area contributed by atoms with Crippen molar-refractivity contribution in [3.63, 3.8) is 0 Å². The van der Waals surface area contributed by atoms with Crippen molar-refractivity contribution in [2.24, 2.45) is 0 Å². The van der Waals surface area contributed by atoms with Gasteiger partial charge in [0.05, 0.1) is 6.42 Å². The molecule has 0 radical (unpaired) electrons. The first kappa shape index (κ1) is 15.5. The number of rotatable bonds is 6. The average Bonchev–Trinajstić information content (AvgIpc) is 2.45. The normalized spacial score (nSPS) is 10.4. The van der Waals surface area contributed by atoms with Gasteiger partial charge in [-0.1, -0.05) is 35.9 Å². The zero-order valence-corrected chi connectivity index (χ0v) is 12.4. The second-order valence-corrected chi connectivity index (χ2v) is 5.32. The van der Waals surface area contributed by atoms with Crippen LogP contribution in [0.4, 0.5) is 5.69 Å². The number of benzene rings is 2. The summed E-state index contributed by atoms with van der Waals surface area (Å²) in [5.41, 5.74) is 2.76. The van der Waals surface area contributed by atoms with Gasteiger partial charge in [0.2, 0.25) is 5.91 Å². The molecule has 21 heavy (non-hydrogen) atoms. The van der Waals surface area contributed by atoms with Gasteiger partial charge < -0.3 is 10.4 Å². The lowest BCUT2D eigenvalue weighted by atomic mass is 10.1. The maximum absolute atomic E-state index is 12.0. The molecule has 2 aromatic carbocycles. The molecule has 0 aliphatic rings. The van der Waals surface area contributed by atoms with Gasteiger partial charge in [0.1, 0.15) is 0 Å². The Morgan fingerprint density at radius 1 is 1.10 bits per heavy atom. The zero-order chi connectivity index (χ0) is 15.1. The van der Waals surface area contributed by atoms with Crippen LogP contribution in [0.5, 0.6) is 0 Å². The molecule has 0 fully saturated rings. The first-order valence-electron chi connectivity index (χ1n) is 6.91. The van der Waals surface area contributed by atoms with Crippen LogP contribution in [0.15, 0.2) is 48.5 Å². The molecule has 0 saturated carbocycles. The van der Waals surface area contributed by atoms with E-state index in [0.29, 0.717) is 11.4 Å². The third kappa shape index (κ3) is 5.21. The van der Waals surface area contributed by atoms with Gasteiger partial charge >= 0.3 is 0 Å². The maximum Gasteiger partial charge on any atom is 0.228 e. The molecule has 0 aliphatic carbocycles. The number of carbonyl (C=O) groups is 1. The topological polar surface area (TPSA) is 49.3 Å². The molecule has 0 atom stereocenters. The Morgan fingerprint density at radius 2 is 1.86 bits per heavy atom. The highest BCUT2D eigenvalue weighted by molar-refractivity contribution is 6.30. The minimum absolute atomic E-state index is 0.0726. The van der Waals surface area contributed by atoms with E-state index < -0.39 is 0 Å². The summed E-state index contributed by atoms with van der Waals surface area (Å²) < 4.78 is 0. The first-order valence-corrected chi connectivity index (χ1v) is 7.29.